The Kier molecular flexibility index (Phi) is 2.96. The Morgan fingerprint density at radius 3 is 3.00 bits per heavy atom. The molecule has 1 heterocycles. The van der Waals surface area contributed by atoms with E-state index in [1.807, 2.05) is 0 Å². The van der Waals surface area contributed by atoms with Crippen LogP contribution in [-0.4, -0.2) is 10.1 Å². The van der Waals surface area contributed by atoms with E-state index in [4.69, 9.17) is 4.74 Å². The van der Waals surface area contributed by atoms with E-state index in [-0.39, 0.29) is 12.4 Å². The molecule has 0 aliphatic carbocycles. The first kappa shape index (κ1) is 10.1. The van der Waals surface area contributed by atoms with Crippen LogP contribution in [0.5, 0.6) is 5.75 Å². The molecule has 0 saturated heterocycles. The van der Waals surface area contributed by atoms with Crippen LogP contribution < -0.4 is 4.74 Å². The highest BCUT2D eigenvalue weighted by Crippen LogP contribution is 2.21. The van der Waals surface area contributed by atoms with Crippen molar-refractivity contribution < 1.29 is 13.7 Å². The molecule has 1 aromatic heterocycles. The molecule has 0 spiro atoms. The molecule has 6 heteroatoms. The van der Waals surface area contributed by atoms with Crippen molar-refractivity contribution in [3.05, 3.63) is 40.7 Å². The third kappa shape index (κ3) is 2.53. The first-order valence-electron chi connectivity index (χ1n) is 4.09. The molecule has 4 nitrogen and oxygen atoms in total. The van der Waals surface area contributed by atoms with Crippen molar-refractivity contribution in [1.29, 1.82) is 0 Å². The minimum absolute atomic E-state index is 0.150. The smallest absolute Gasteiger partial charge is 0.213 e. The van der Waals surface area contributed by atoms with Gasteiger partial charge in [0, 0.05) is 6.07 Å². The Morgan fingerprint density at radius 2 is 2.33 bits per heavy atom. The normalized spacial score (nSPS) is 10.3. The molecule has 15 heavy (non-hydrogen) atoms. The number of ether oxygens (including phenoxy) is 1. The Morgan fingerprint density at radius 1 is 1.47 bits per heavy atom. The average molecular weight is 273 g/mol. The highest BCUT2D eigenvalue weighted by molar-refractivity contribution is 9.10. The van der Waals surface area contributed by atoms with Crippen LogP contribution >= 0.6 is 15.9 Å². The van der Waals surface area contributed by atoms with E-state index in [1.54, 1.807) is 12.1 Å². The number of benzene rings is 1. The number of hydrogen-bond acceptors (Lipinski definition) is 4. The first-order chi connectivity index (χ1) is 7.25. The second kappa shape index (κ2) is 4.39. The van der Waals surface area contributed by atoms with Crippen LogP contribution in [0.1, 0.15) is 5.82 Å². The number of nitrogens with zero attached hydrogens (tertiary/aromatic N) is 2. The predicted octanol–water partition coefficient (Wildman–Crippen LogP) is 2.55. The zero-order valence-electron chi connectivity index (χ0n) is 7.48. The Hall–Kier alpha value is -1.43. The third-order valence-corrected chi connectivity index (χ3v) is 2.31. The van der Waals surface area contributed by atoms with Gasteiger partial charge in [-0.15, -0.1) is 0 Å². The summed E-state index contributed by atoms with van der Waals surface area (Å²) in [6.45, 7) is 0.150. The fourth-order valence-electron chi connectivity index (χ4n) is 0.971. The van der Waals surface area contributed by atoms with Gasteiger partial charge in [0.1, 0.15) is 11.6 Å². The van der Waals surface area contributed by atoms with Gasteiger partial charge in [-0.2, -0.15) is 4.98 Å². The van der Waals surface area contributed by atoms with Gasteiger partial charge in [0.05, 0.1) is 4.47 Å². The number of rotatable bonds is 3. The van der Waals surface area contributed by atoms with Gasteiger partial charge in [0.25, 0.3) is 0 Å². The summed E-state index contributed by atoms with van der Waals surface area (Å²) in [7, 11) is 0. The van der Waals surface area contributed by atoms with Crippen LogP contribution in [0.15, 0.2) is 33.6 Å². The van der Waals surface area contributed by atoms with E-state index in [0.29, 0.717) is 16.0 Å². The molecule has 0 fully saturated rings. The molecular formula is C9H6BrFN2O2. The van der Waals surface area contributed by atoms with Gasteiger partial charge < -0.3 is 9.26 Å². The minimum Gasteiger partial charge on any atom is -0.485 e. The summed E-state index contributed by atoms with van der Waals surface area (Å²) in [6.07, 6.45) is 1.21. The molecule has 0 aliphatic heterocycles. The minimum atomic E-state index is -0.374. The largest absolute Gasteiger partial charge is 0.485 e. The number of halogens is 2. The average Bonchev–Trinajstić information content (AvgIpc) is 2.73. The van der Waals surface area contributed by atoms with Crippen LogP contribution in [-0.2, 0) is 6.61 Å². The van der Waals surface area contributed by atoms with Crippen molar-refractivity contribution in [1.82, 2.24) is 10.1 Å². The molecule has 0 N–H and O–H groups in total. The van der Waals surface area contributed by atoms with Gasteiger partial charge in [-0.1, -0.05) is 5.16 Å². The third-order valence-electron chi connectivity index (χ3n) is 1.67. The summed E-state index contributed by atoms with van der Waals surface area (Å²) in [5.41, 5.74) is 0. The van der Waals surface area contributed by atoms with Gasteiger partial charge >= 0.3 is 0 Å². The summed E-state index contributed by atoms with van der Waals surface area (Å²) in [6, 6.07) is 4.50. The Balaban J connectivity index is 2.02. The van der Waals surface area contributed by atoms with E-state index in [9.17, 15) is 4.39 Å². The van der Waals surface area contributed by atoms with Gasteiger partial charge in [0.2, 0.25) is 12.2 Å². The van der Waals surface area contributed by atoms with Crippen molar-refractivity contribution in [2.75, 3.05) is 0 Å². The number of hydrogen-bond donors (Lipinski definition) is 0. The van der Waals surface area contributed by atoms with Crippen LogP contribution in [0.2, 0.25) is 0 Å². The molecule has 0 saturated carbocycles. The lowest BCUT2D eigenvalue weighted by atomic mass is 10.3. The van der Waals surface area contributed by atoms with Gasteiger partial charge in [0.15, 0.2) is 6.61 Å². The zero-order valence-corrected chi connectivity index (χ0v) is 9.07. The molecule has 0 amide bonds. The standard InChI is InChI=1S/C9H6BrFN2O2/c10-7-2-1-6(3-8(7)11)14-4-9-12-5-15-13-9/h1-3,5H,4H2. The SMILES string of the molecule is Fc1cc(OCc2ncon2)ccc1Br. The molecule has 0 radical (unpaired) electrons. The summed E-state index contributed by atoms with van der Waals surface area (Å²) < 4.78 is 23.2. The van der Waals surface area contributed by atoms with Crippen molar-refractivity contribution >= 4 is 15.9 Å². The first-order valence-corrected chi connectivity index (χ1v) is 4.88. The maximum atomic E-state index is 13.1. The monoisotopic (exact) mass is 272 g/mol. The zero-order chi connectivity index (χ0) is 10.7. The van der Waals surface area contributed by atoms with Crippen LogP contribution in [0.25, 0.3) is 0 Å². The van der Waals surface area contributed by atoms with Crippen molar-refractivity contribution in [2.45, 2.75) is 6.61 Å². The van der Waals surface area contributed by atoms with E-state index in [0.717, 1.165) is 0 Å². The van der Waals surface area contributed by atoms with Crippen molar-refractivity contribution in [3.63, 3.8) is 0 Å². The molecule has 0 bridgehead atoms. The van der Waals surface area contributed by atoms with Gasteiger partial charge in [-0.25, -0.2) is 4.39 Å². The number of aromatic nitrogens is 2. The molecule has 1 aromatic carbocycles. The maximum Gasteiger partial charge on any atom is 0.213 e. The summed E-state index contributed by atoms with van der Waals surface area (Å²) in [5.74, 6) is 0.458. The second-order valence-corrected chi connectivity index (χ2v) is 3.57. The van der Waals surface area contributed by atoms with Crippen molar-refractivity contribution in [2.24, 2.45) is 0 Å². The molecule has 78 valence electrons. The lowest BCUT2D eigenvalue weighted by molar-refractivity contribution is 0.285. The molecule has 0 atom stereocenters. The summed E-state index contributed by atoms with van der Waals surface area (Å²) in [5, 5.41) is 3.56. The van der Waals surface area contributed by atoms with E-state index < -0.39 is 0 Å². The van der Waals surface area contributed by atoms with Crippen LogP contribution in [0.3, 0.4) is 0 Å². The lowest BCUT2D eigenvalue weighted by Gasteiger charge is -2.03. The van der Waals surface area contributed by atoms with E-state index >= 15 is 0 Å². The van der Waals surface area contributed by atoms with Crippen molar-refractivity contribution in [3.8, 4) is 5.75 Å². The Bertz CT molecular complexity index is 447. The fourth-order valence-corrected chi connectivity index (χ4v) is 1.22. The molecule has 0 unspecified atom stereocenters. The van der Waals surface area contributed by atoms with E-state index in [2.05, 4.69) is 30.6 Å². The van der Waals surface area contributed by atoms with Gasteiger partial charge in [-0.05, 0) is 28.1 Å². The molecular weight excluding hydrogens is 267 g/mol. The maximum absolute atomic E-state index is 13.1. The van der Waals surface area contributed by atoms with Crippen LogP contribution in [0.4, 0.5) is 4.39 Å². The van der Waals surface area contributed by atoms with Gasteiger partial charge in [-0.3, -0.25) is 0 Å². The van der Waals surface area contributed by atoms with E-state index in [1.165, 1.54) is 12.5 Å². The highest BCUT2D eigenvalue weighted by atomic mass is 79.9. The molecule has 2 rings (SSSR count). The fraction of sp³-hybridized carbons (Fsp3) is 0.111. The quantitative estimate of drug-likeness (QED) is 0.862. The molecule has 0 aliphatic rings. The second-order valence-electron chi connectivity index (χ2n) is 2.71. The topological polar surface area (TPSA) is 48.2 Å². The highest BCUT2D eigenvalue weighted by Gasteiger charge is 2.03. The summed E-state index contributed by atoms with van der Waals surface area (Å²) >= 11 is 3.05. The molecule has 2 aromatic rings. The summed E-state index contributed by atoms with van der Waals surface area (Å²) in [4.78, 5) is 3.77. The van der Waals surface area contributed by atoms with Crippen LogP contribution in [0, 0.1) is 5.82 Å². The lowest BCUT2D eigenvalue weighted by Crippen LogP contribution is -1.97. The predicted molar refractivity (Wildman–Crippen MR) is 52.7 cm³/mol. The Labute approximate surface area is 93.2 Å².